The van der Waals surface area contributed by atoms with Gasteiger partial charge in [0.05, 0.1) is 17.9 Å². The Kier molecular flexibility index (Phi) is 3.80. The second-order valence-electron chi connectivity index (χ2n) is 4.02. The Balaban J connectivity index is 2.37. The average Bonchev–Trinajstić information content (AvgIpc) is 2.75. The first-order chi connectivity index (χ1) is 9.25. The third kappa shape index (κ3) is 3.35. The molecule has 0 aliphatic heterocycles. The normalized spacial score (nSPS) is 11.9. The molecule has 0 unspecified atom stereocenters. The Morgan fingerprint density at radius 1 is 1.25 bits per heavy atom. The number of nitrogens with zero attached hydrogens (tertiary/aromatic N) is 5. The summed E-state index contributed by atoms with van der Waals surface area (Å²) in [5, 5.41) is 3.34. The van der Waals surface area contributed by atoms with Crippen LogP contribution in [0.15, 0.2) is 12.4 Å². The fraction of sp³-hybridized carbons (Fsp3) is 0.400. The Bertz CT molecular complexity index is 613. The predicted molar refractivity (Wildman–Crippen MR) is 62.7 cm³/mol. The van der Waals surface area contributed by atoms with Crippen molar-refractivity contribution in [2.75, 3.05) is 0 Å². The highest BCUT2D eigenvalue weighted by molar-refractivity contribution is 6.28. The van der Waals surface area contributed by atoms with Crippen molar-refractivity contribution in [1.29, 1.82) is 0 Å². The molecule has 0 saturated heterocycles. The summed E-state index contributed by atoms with van der Waals surface area (Å²) in [4.78, 5) is 11.3. The molecule has 2 aromatic rings. The van der Waals surface area contributed by atoms with Crippen molar-refractivity contribution >= 4 is 11.6 Å². The number of aromatic nitrogens is 5. The molecule has 0 fully saturated rings. The SMILES string of the molecule is CC(C)Oc1nc(Cl)nc(-n2cc(C(F)(F)F)cn2)n1. The van der Waals surface area contributed by atoms with Crippen molar-refractivity contribution in [3.63, 3.8) is 0 Å². The van der Waals surface area contributed by atoms with E-state index in [2.05, 4.69) is 20.1 Å². The predicted octanol–water partition coefficient (Wildman–Crippen LogP) is 2.52. The first-order valence-corrected chi connectivity index (χ1v) is 5.84. The molecule has 0 aromatic carbocycles. The van der Waals surface area contributed by atoms with Gasteiger partial charge in [-0.1, -0.05) is 0 Å². The topological polar surface area (TPSA) is 65.7 Å². The molecule has 0 amide bonds. The zero-order chi connectivity index (χ0) is 14.9. The third-order valence-electron chi connectivity index (χ3n) is 2.03. The van der Waals surface area contributed by atoms with Crippen molar-refractivity contribution in [3.8, 4) is 12.0 Å². The number of hydrogen-bond donors (Lipinski definition) is 0. The smallest absolute Gasteiger partial charge is 0.419 e. The number of alkyl halides is 3. The van der Waals surface area contributed by atoms with Gasteiger partial charge < -0.3 is 4.74 Å². The van der Waals surface area contributed by atoms with Crippen molar-refractivity contribution in [2.45, 2.75) is 26.1 Å². The van der Waals surface area contributed by atoms with Crippen molar-refractivity contribution in [1.82, 2.24) is 24.7 Å². The van der Waals surface area contributed by atoms with Gasteiger partial charge in [-0.2, -0.15) is 33.2 Å². The highest BCUT2D eigenvalue weighted by Gasteiger charge is 2.32. The molecule has 0 N–H and O–H groups in total. The monoisotopic (exact) mass is 307 g/mol. The molecule has 10 heteroatoms. The molecule has 6 nitrogen and oxygen atoms in total. The minimum atomic E-state index is -4.49. The van der Waals surface area contributed by atoms with Gasteiger partial charge in [-0.25, -0.2) is 4.68 Å². The van der Waals surface area contributed by atoms with Crippen LogP contribution in [0.2, 0.25) is 5.28 Å². The van der Waals surface area contributed by atoms with Gasteiger partial charge in [0.15, 0.2) is 0 Å². The largest absolute Gasteiger partial charge is 0.461 e. The summed E-state index contributed by atoms with van der Waals surface area (Å²) < 4.78 is 43.5. The van der Waals surface area contributed by atoms with Gasteiger partial charge in [-0.15, -0.1) is 0 Å². The van der Waals surface area contributed by atoms with E-state index in [0.29, 0.717) is 6.20 Å². The summed E-state index contributed by atoms with van der Waals surface area (Å²) in [7, 11) is 0. The third-order valence-corrected chi connectivity index (χ3v) is 2.20. The van der Waals surface area contributed by atoms with Gasteiger partial charge >= 0.3 is 12.2 Å². The van der Waals surface area contributed by atoms with Crippen LogP contribution in [0.4, 0.5) is 13.2 Å². The summed E-state index contributed by atoms with van der Waals surface area (Å²) in [5.74, 6) is -0.156. The first-order valence-electron chi connectivity index (χ1n) is 5.46. The highest BCUT2D eigenvalue weighted by atomic mass is 35.5. The van der Waals surface area contributed by atoms with Crippen LogP contribution in [0.1, 0.15) is 19.4 Å². The van der Waals surface area contributed by atoms with E-state index in [-0.39, 0.29) is 23.3 Å². The molecule has 0 saturated carbocycles. The summed E-state index contributed by atoms with van der Waals surface area (Å²) in [6.07, 6.45) is -3.29. The highest BCUT2D eigenvalue weighted by Crippen LogP contribution is 2.28. The van der Waals surface area contributed by atoms with Crippen molar-refractivity contribution < 1.29 is 17.9 Å². The molecule has 0 aliphatic rings. The van der Waals surface area contributed by atoms with Crippen molar-refractivity contribution in [3.05, 3.63) is 23.2 Å². The van der Waals surface area contributed by atoms with Crippen LogP contribution in [0.25, 0.3) is 5.95 Å². The van der Waals surface area contributed by atoms with Gasteiger partial charge in [-0.3, -0.25) is 0 Å². The Morgan fingerprint density at radius 2 is 1.95 bits per heavy atom. The minimum absolute atomic E-state index is 0.0842. The maximum absolute atomic E-state index is 12.5. The van der Waals surface area contributed by atoms with E-state index in [1.165, 1.54) is 0 Å². The standard InChI is InChI=1S/C10H9ClF3N5O/c1-5(2)20-9-17-7(11)16-8(18-9)19-4-6(3-15-19)10(12,13)14/h3-5H,1-2H3. The minimum Gasteiger partial charge on any atom is -0.461 e. The molecule has 20 heavy (non-hydrogen) atoms. The lowest BCUT2D eigenvalue weighted by atomic mass is 10.4. The molecule has 2 aromatic heterocycles. The number of halogens is 4. The second kappa shape index (κ2) is 5.23. The lowest BCUT2D eigenvalue weighted by molar-refractivity contribution is -0.137. The van der Waals surface area contributed by atoms with Gasteiger partial charge in [0.2, 0.25) is 5.28 Å². The molecule has 108 valence electrons. The van der Waals surface area contributed by atoms with Crippen LogP contribution < -0.4 is 4.74 Å². The molecular weight excluding hydrogens is 299 g/mol. The molecule has 0 bridgehead atoms. The Labute approximate surface area is 116 Å². The van der Waals surface area contributed by atoms with Crippen LogP contribution in [-0.2, 0) is 6.18 Å². The molecule has 0 radical (unpaired) electrons. The van der Waals surface area contributed by atoms with Crippen LogP contribution in [0.5, 0.6) is 6.01 Å². The van der Waals surface area contributed by atoms with Crippen molar-refractivity contribution in [2.24, 2.45) is 0 Å². The summed E-state index contributed by atoms with van der Waals surface area (Å²) in [6, 6.07) is -0.0842. The summed E-state index contributed by atoms with van der Waals surface area (Å²) in [5.41, 5.74) is -0.916. The zero-order valence-corrected chi connectivity index (χ0v) is 11.1. The van der Waals surface area contributed by atoms with E-state index in [9.17, 15) is 13.2 Å². The lowest BCUT2D eigenvalue weighted by Crippen LogP contribution is -2.12. The van der Waals surface area contributed by atoms with Gasteiger partial charge in [0, 0.05) is 6.20 Å². The number of rotatable bonds is 3. The Hall–Kier alpha value is -1.90. The van der Waals surface area contributed by atoms with E-state index >= 15 is 0 Å². The fourth-order valence-corrected chi connectivity index (χ4v) is 1.41. The van der Waals surface area contributed by atoms with Crippen LogP contribution in [0.3, 0.4) is 0 Å². The molecule has 0 spiro atoms. The Morgan fingerprint density at radius 3 is 2.50 bits per heavy atom. The quantitative estimate of drug-likeness (QED) is 0.871. The fourth-order valence-electron chi connectivity index (χ4n) is 1.27. The number of hydrogen-bond acceptors (Lipinski definition) is 5. The van der Waals surface area contributed by atoms with E-state index in [1.54, 1.807) is 13.8 Å². The first kappa shape index (κ1) is 14.5. The lowest BCUT2D eigenvalue weighted by Gasteiger charge is -2.08. The summed E-state index contributed by atoms with van der Waals surface area (Å²) >= 11 is 5.67. The molecule has 0 atom stereocenters. The van der Waals surface area contributed by atoms with Crippen LogP contribution >= 0.6 is 11.6 Å². The maximum atomic E-state index is 12.5. The summed E-state index contributed by atoms with van der Waals surface area (Å²) in [6.45, 7) is 3.49. The molecular formula is C10H9ClF3N5O. The van der Waals surface area contributed by atoms with Crippen LogP contribution in [0, 0.1) is 0 Å². The van der Waals surface area contributed by atoms with E-state index < -0.39 is 11.7 Å². The van der Waals surface area contributed by atoms with E-state index in [0.717, 1.165) is 10.9 Å². The number of ether oxygens (including phenoxy) is 1. The van der Waals surface area contributed by atoms with E-state index in [1.807, 2.05) is 0 Å². The van der Waals surface area contributed by atoms with E-state index in [4.69, 9.17) is 16.3 Å². The van der Waals surface area contributed by atoms with Gasteiger partial charge in [0.25, 0.3) is 5.95 Å². The molecule has 2 heterocycles. The average molecular weight is 308 g/mol. The maximum Gasteiger partial charge on any atom is 0.419 e. The molecule has 2 rings (SSSR count). The zero-order valence-electron chi connectivity index (χ0n) is 10.4. The van der Waals surface area contributed by atoms with Crippen LogP contribution in [-0.4, -0.2) is 30.8 Å². The van der Waals surface area contributed by atoms with Gasteiger partial charge in [-0.05, 0) is 25.4 Å². The molecule has 0 aliphatic carbocycles. The second-order valence-corrected chi connectivity index (χ2v) is 4.36. The van der Waals surface area contributed by atoms with Gasteiger partial charge in [0.1, 0.15) is 0 Å².